The maximum absolute atomic E-state index is 11.1. The van der Waals surface area contributed by atoms with Gasteiger partial charge < -0.3 is 4.98 Å². The summed E-state index contributed by atoms with van der Waals surface area (Å²) in [6, 6.07) is 1.78. The van der Waals surface area contributed by atoms with Gasteiger partial charge in [-0.3, -0.25) is 4.79 Å². The van der Waals surface area contributed by atoms with Crippen LogP contribution in [0.2, 0.25) is 0 Å². The average molecular weight is 147 g/mol. The number of nitrogens with one attached hydrogen (secondary N) is 1. The molecule has 0 unspecified atom stereocenters. The second-order valence-corrected chi connectivity index (χ2v) is 2.08. The Hall–Kier alpha value is -1.57. The van der Waals surface area contributed by atoms with Gasteiger partial charge in [-0.25, -0.2) is 0 Å². The Labute approximate surface area is 64.9 Å². The van der Waals surface area contributed by atoms with Gasteiger partial charge in [0, 0.05) is 11.8 Å². The van der Waals surface area contributed by atoms with E-state index >= 15 is 0 Å². The predicted octanol–water partition coefficient (Wildman–Crippen LogP) is 1.66. The molecule has 0 aliphatic rings. The second-order valence-electron chi connectivity index (χ2n) is 2.08. The summed E-state index contributed by atoms with van der Waals surface area (Å²) in [5.41, 5.74) is 1.25. The number of H-pyrrole nitrogens is 1. The summed E-state index contributed by atoms with van der Waals surface area (Å²) in [7, 11) is 0. The van der Waals surface area contributed by atoms with Crippen LogP contribution < -0.4 is 5.56 Å². The quantitative estimate of drug-likeness (QED) is 0.678. The molecular formula is C9H9NO. The molecule has 0 fully saturated rings. The topological polar surface area (TPSA) is 32.9 Å². The zero-order valence-electron chi connectivity index (χ0n) is 6.13. The average Bonchev–Trinajstić information content (AvgIpc) is 2.04. The molecule has 0 aliphatic carbocycles. The molecule has 2 nitrogen and oxygen atoms in total. The highest BCUT2D eigenvalue weighted by atomic mass is 16.1. The van der Waals surface area contributed by atoms with Crippen LogP contribution in [0.15, 0.2) is 30.2 Å². The number of aromatic amines is 1. The van der Waals surface area contributed by atoms with Gasteiger partial charge in [-0.05, 0) is 11.6 Å². The van der Waals surface area contributed by atoms with Gasteiger partial charge in [0.05, 0.1) is 0 Å². The van der Waals surface area contributed by atoms with Gasteiger partial charge in [-0.1, -0.05) is 25.3 Å². The molecule has 0 atom stereocenters. The van der Waals surface area contributed by atoms with Crippen molar-refractivity contribution in [3.63, 3.8) is 0 Å². The van der Waals surface area contributed by atoms with Crippen molar-refractivity contribution in [2.75, 3.05) is 0 Å². The lowest BCUT2D eigenvalue weighted by Crippen LogP contribution is -2.09. The van der Waals surface area contributed by atoms with Gasteiger partial charge in [0.25, 0.3) is 5.56 Å². The summed E-state index contributed by atoms with van der Waals surface area (Å²) in [5.74, 6) is 0. The molecule has 1 aromatic heterocycles. The fourth-order valence-electron chi connectivity index (χ4n) is 0.894. The van der Waals surface area contributed by atoms with Crippen molar-refractivity contribution in [2.24, 2.45) is 0 Å². The van der Waals surface area contributed by atoms with Crippen LogP contribution in [-0.4, -0.2) is 4.98 Å². The maximum atomic E-state index is 11.1. The number of aromatic nitrogens is 1. The van der Waals surface area contributed by atoms with Crippen molar-refractivity contribution in [1.29, 1.82) is 0 Å². The first-order valence-corrected chi connectivity index (χ1v) is 3.26. The highest BCUT2D eigenvalue weighted by molar-refractivity contribution is 5.61. The van der Waals surface area contributed by atoms with E-state index in [1.807, 2.05) is 0 Å². The van der Waals surface area contributed by atoms with E-state index in [-0.39, 0.29) is 5.56 Å². The molecule has 11 heavy (non-hydrogen) atoms. The minimum absolute atomic E-state index is 0.127. The lowest BCUT2D eigenvalue weighted by Gasteiger charge is -1.96. The monoisotopic (exact) mass is 147 g/mol. The molecule has 1 N–H and O–H groups in total. The van der Waals surface area contributed by atoms with E-state index in [1.165, 1.54) is 6.08 Å². The molecular weight excluding hydrogens is 138 g/mol. The Kier molecular flexibility index (Phi) is 2.06. The molecule has 2 heteroatoms. The maximum Gasteiger partial charge on any atom is 0.255 e. The fourth-order valence-corrected chi connectivity index (χ4v) is 0.894. The van der Waals surface area contributed by atoms with E-state index in [1.54, 1.807) is 18.3 Å². The molecule has 1 aromatic rings. The zero-order valence-corrected chi connectivity index (χ0v) is 6.13. The molecule has 0 radical (unpaired) electrons. The summed E-state index contributed by atoms with van der Waals surface area (Å²) in [6.45, 7) is 7.11. The van der Waals surface area contributed by atoms with Crippen LogP contribution >= 0.6 is 0 Å². The third kappa shape index (κ3) is 1.29. The third-order valence-electron chi connectivity index (χ3n) is 1.46. The fraction of sp³-hybridized carbons (Fsp3) is 0. The van der Waals surface area contributed by atoms with Crippen LogP contribution in [0.1, 0.15) is 11.1 Å². The third-order valence-corrected chi connectivity index (χ3v) is 1.46. The lowest BCUT2D eigenvalue weighted by atomic mass is 10.1. The zero-order chi connectivity index (χ0) is 8.27. The van der Waals surface area contributed by atoms with Crippen LogP contribution in [0.4, 0.5) is 0 Å². The molecule has 0 spiro atoms. The van der Waals surface area contributed by atoms with Crippen LogP contribution in [0.5, 0.6) is 0 Å². The van der Waals surface area contributed by atoms with Crippen molar-refractivity contribution >= 4 is 12.2 Å². The highest BCUT2D eigenvalue weighted by Crippen LogP contribution is 2.04. The van der Waals surface area contributed by atoms with Gasteiger partial charge in [0.2, 0.25) is 0 Å². The lowest BCUT2D eigenvalue weighted by molar-refractivity contribution is 1.22. The molecule has 0 saturated carbocycles. The first-order chi connectivity index (χ1) is 5.29. The van der Waals surface area contributed by atoms with Crippen LogP contribution in [0.25, 0.3) is 12.2 Å². The van der Waals surface area contributed by atoms with Crippen molar-refractivity contribution in [3.05, 3.63) is 46.9 Å². The predicted molar refractivity (Wildman–Crippen MR) is 47.2 cm³/mol. The van der Waals surface area contributed by atoms with E-state index in [4.69, 9.17) is 0 Å². The minimum atomic E-state index is -0.127. The summed E-state index contributed by atoms with van der Waals surface area (Å²) in [5, 5.41) is 0. The van der Waals surface area contributed by atoms with Gasteiger partial charge in [0.1, 0.15) is 0 Å². The van der Waals surface area contributed by atoms with Crippen LogP contribution in [-0.2, 0) is 0 Å². The first-order valence-electron chi connectivity index (χ1n) is 3.26. The highest BCUT2D eigenvalue weighted by Gasteiger charge is 1.97. The summed E-state index contributed by atoms with van der Waals surface area (Å²) >= 11 is 0. The van der Waals surface area contributed by atoms with Crippen molar-refractivity contribution < 1.29 is 0 Å². The Morgan fingerprint density at radius 3 is 2.55 bits per heavy atom. The Bertz CT molecular complexity index is 336. The van der Waals surface area contributed by atoms with E-state index in [9.17, 15) is 4.79 Å². The standard InChI is InChI=1S/C9H9NO/c1-3-7-5-6-10-9(11)8(7)4-2/h3-6H,1-2H2,(H,10,11). The Balaban J connectivity index is 3.47. The second kappa shape index (κ2) is 3.01. The molecule has 1 heterocycles. The number of hydrogen-bond acceptors (Lipinski definition) is 1. The molecule has 1 rings (SSSR count). The van der Waals surface area contributed by atoms with Crippen molar-refractivity contribution in [3.8, 4) is 0 Å². The van der Waals surface area contributed by atoms with E-state index in [0.29, 0.717) is 5.56 Å². The Morgan fingerprint density at radius 2 is 2.09 bits per heavy atom. The van der Waals surface area contributed by atoms with Crippen molar-refractivity contribution in [1.82, 2.24) is 4.98 Å². The van der Waals surface area contributed by atoms with Crippen molar-refractivity contribution in [2.45, 2.75) is 0 Å². The number of hydrogen-bond donors (Lipinski definition) is 1. The molecule has 0 bridgehead atoms. The molecule has 56 valence electrons. The van der Waals surface area contributed by atoms with E-state index in [0.717, 1.165) is 5.56 Å². The first kappa shape index (κ1) is 7.54. The Morgan fingerprint density at radius 1 is 1.36 bits per heavy atom. The van der Waals surface area contributed by atoms with Crippen LogP contribution in [0.3, 0.4) is 0 Å². The van der Waals surface area contributed by atoms with Gasteiger partial charge in [-0.2, -0.15) is 0 Å². The largest absolute Gasteiger partial charge is 0.329 e. The van der Waals surface area contributed by atoms with Gasteiger partial charge >= 0.3 is 0 Å². The van der Waals surface area contributed by atoms with Crippen LogP contribution in [0, 0.1) is 0 Å². The summed E-state index contributed by atoms with van der Waals surface area (Å²) in [4.78, 5) is 13.6. The molecule has 0 saturated heterocycles. The smallest absolute Gasteiger partial charge is 0.255 e. The summed E-state index contributed by atoms with van der Waals surface area (Å²) in [6.07, 6.45) is 4.74. The molecule has 0 aromatic carbocycles. The molecule has 0 amide bonds. The van der Waals surface area contributed by atoms with Gasteiger partial charge in [0.15, 0.2) is 0 Å². The normalized spacial score (nSPS) is 9.09. The number of pyridine rings is 1. The summed E-state index contributed by atoms with van der Waals surface area (Å²) < 4.78 is 0. The molecule has 0 aliphatic heterocycles. The van der Waals surface area contributed by atoms with Gasteiger partial charge in [-0.15, -0.1) is 0 Å². The van der Waals surface area contributed by atoms with E-state index in [2.05, 4.69) is 18.1 Å². The minimum Gasteiger partial charge on any atom is -0.329 e. The number of rotatable bonds is 2. The SMILES string of the molecule is C=Cc1cc[nH]c(=O)c1C=C. The van der Waals surface area contributed by atoms with E-state index < -0.39 is 0 Å².